The smallest absolute Gasteiger partial charge is 0.407 e. The van der Waals surface area contributed by atoms with Crippen molar-refractivity contribution >= 4 is 45.8 Å². The van der Waals surface area contributed by atoms with E-state index in [4.69, 9.17) is 24.2 Å². The van der Waals surface area contributed by atoms with Gasteiger partial charge in [0.05, 0.1) is 48.7 Å². The number of hydrogen-bond donors (Lipinski definition) is 5. The SMILES string of the molecule is CCC(C)C(NC(=O)OC)C(=O)N1C[C@@H](C)C[C@H]1c1ncc(-c2ccc3c(c2)COc2cc4c(ccc5nc([C@@H]6C[C@H](COC)CN6C(=O)C(NC(=O)O)C(C)C)[nH]c54)cc2-3)[nH]1. The number of amides is 4. The van der Waals surface area contributed by atoms with Crippen molar-refractivity contribution in [2.24, 2.45) is 23.7 Å². The molecule has 5 heterocycles. The van der Waals surface area contributed by atoms with Gasteiger partial charge in [-0.1, -0.05) is 59.2 Å². The van der Waals surface area contributed by atoms with Gasteiger partial charge in [0.1, 0.15) is 36.1 Å². The molecule has 328 valence electrons. The number of aromatic amines is 2. The molecule has 16 nitrogen and oxygen atoms in total. The highest BCUT2D eigenvalue weighted by atomic mass is 16.5. The molecule has 0 saturated carbocycles. The zero-order valence-electron chi connectivity index (χ0n) is 36.3. The predicted octanol–water partition coefficient (Wildman–Crippen LogP) is 7.17. The zero-order valence-corrected chi connectivity index (χ0v) is 36.3. The second-order valence-electron chi connectivity index (χ2n) is 17.6. The van der Waals surface area contributed by atoms with E-state index in [0.29, 0.717) is 50.8 Å². The molecule has 16 heteroatoms. The van der Waals surface area contributed by atoms with E-state index in [-0.39, 0.29) is 47.6 Å². The molecule has 2 aromatic heterocycles. The summed E-state index contributed by atoms with van der Waals surface area (Å²) >= 11 is 0. The Morgan fingerprint density at radius 2 is 1.68 bits per heavy atom. The number of imidazole rings is 2. The van der Waals surface area contributed by atoms with Crippen molar-refractivity contribution in [2.45, 2.75) is 84.7 Å². The van der Waals surface area contributed by atoms with Gasteiger partial charge in [0, 0.05) is 37.1 Å². The lowest BCUT2D eigenvalue weighted by Gasteiger charge is -2.30. The molecule has 62 heavy (non-hydrogen) atoms. The van der Waals surface area contributed by atoms with E-state index in [1.807, 2.05) is 57.0 Å². The van der Waals surface area contributed by atoms with Gasteiger partial charge < -0.3 is 49.7 Å². The summed E-state index contributed by atoms with van der Waals surface area (Å²) in [5, 5.41) is 16.6. The van der Waals surface area contributed by atoms with Crippen molar-refractivity contribution < 1.29 is 38.5 Å². The Kier molecular flexibility index (Phi) is 11.9. The highest BCUT2D eigenvalue weighted by molar-refractivity contribution is 6.07. The highest BCUT2D eigenvalue weighted by Gasteiger charge is 2.43. The molecule has 3 aliphatic heterocycles. The molecule has 3 aromatic carbocycles. The number of carbonyl (C=O) groups is 4. The first-order valence-electron chi connectivity index (χ1n) is 21.5. The zero-order chi connectivity index (χ0) is 44.0. The number of alkyl carbamates (subject to hydrolysis) is 1. The van der Waals surface area contributed by atoms with Crippen molar-refractivity contribution in [2.75, 3.05) is 33.9 Å². The van der Waals surface area contributed by atoms with Gasteiger partial charge in [-0.15, -0.1) is 0 Å². The van der Waals surface area contributed by atoms with Crippen LogP contribution >= 0.6 is 0 Å². The lowest BCUT2D eigenvalue weighted by molar-refractivity contribution is -0.136. The number of nitrogens with one attached hydrogen (secondary N) is 4. The van der Waals surface area contributed by atoms with Crippen LogP contribution in [0.2, 0.25) is 0 Å². The van der Waals surface area contributed by atoms with Crippen molar-refractivity contribution in [3.63, 3.8) is 0 Å². The number of rotatable bonds is 12. The molecule has 0 bridgehead atoms. The minimum Gasteiger partial charge on any atom is -0.488 e. The van der Waals surface area contributed by atoms with Gasteiger partial charge in [-0.05, 0) is 76.9 Å². The first kappa shape index (κ1) is 42.5. The molecule has 3 aliphatic rings. The average molecular weight is 849 g/mol. The molecule has 7 atom stereocenters. The Morgan fingerprint density at radius 1 is 0.919 bits per heavy atom. The lowest BCUT2D eigenvalue weighted by atomic mass is 9.92. The van der Waals surface area contributed by atoms with Crippen LogP contribution < -0.4 is 15.4 Å². The summed E-state index contributed by atoms with van der Waals surface area (Å²) in [6.45, 7) is 11.6. The number of likely N-dealkylation sites (tertiary alicyclic amines) is 2. The van der Waals surface area contributed by atoms with Gasteiger partial charge in [0.25, 0.3) is 0 Å². The van der Waals surface area contributed by atoms with Crippen molar-refractivity contribution in [1.29, 1.82) is 0 Å². The Labute approximate surface area is 360 Å². The number of H-pyrrole nitrogens is 2. The fraction of sp³-hybridized carbons (Fsp3) is 0.478. The number of ether oxygens (including phenoxy) is 3. The van der Waals surface area contributed by atoms with E-state index >= 15 is 0 Å². The largest absolute Gasteiger partial charge is 0.488 e. The van der Waals surface area contributed by atoms with Gasteiger partial charge in [-0.2, -0.15) is 0 Å². The van der Waals surface area contributed by atoms with Gasteiger partial charge in [-0.25, -0.2) is 19.6 Å². The van der Waals surface area contributed by atoms with Crippen LogP contribution in [0.3, 0.4) is 0 Å². The normalized spacial score (nSPS) is 21.0. The fourth-order valence-electron chi connectivity index (χ4n) is 9.49. The number of carboxylic acid groups (broad SMARTS) is 1. The maximum Gasteiger partial charge on any atom is 0.407 e. The number of benzene rings is 3. The molecule has 2 saturated heterocycles. The third-order valence-electron chi connectivity index (χ3n) is 12.9. The van der Waals surface area contributed by atoms with E-state index in [0.717, 1.165) is 61.9 Å². The third kappa shape index (κ3) is 8.03. The average Bonchev–Trinajstić information content (AvgIpc) is 4.09. The molecule has 5 aromatic rings. The van der Waals surface area contributed by atoms with Crippen LogP contribution in [0.15, 0.2) is 48.7 Å². The Balaban J connectivity index is 1.05. The van der Waals surface area contributed by atoms with Crippen molar-refractivity contribution in [3.8, 4) is 28.1 Å². The number of hydrogen-bond acceptors (Lipinski definition) is 9. The predicted molar refractivity (Wildman–Crippen MR) is 232 cm³/mol. The first-order valence-corrected chi connectivity index (χ1v) is 21.5. The van der Waals surface area contributed by atoms with Crippen LogP contribution in [-0.2, 0) is 25.7 Å². The van der Waals surface area contributed by atoms with Crippen LogP contribution in [0.25, 0.3) is 44.2 Å². The fourth-order valence-corrected chi connectivity index (χ4v) is 9.49. The Hall–Kier alpha value is -6.16. The maximum atomic E-state index is 14.0. The van der Waals surface area contributed by atoms with Crippen LogP contribution in [0, 0.1) is 23.7 Å². The van der Waals surface area contributed by atoms with Crippen LogP contribution in [0.5, 0.6) is 5.75 Å². The molecular weight excluding hydrogens is 793 g/mol. The van der Waals surface area contributed by atoms with Crippen LogP contribution in [-0.4, -0.2) is 105 Å². The van der Waals surface area contributed by atoms with Gasteiger partial charge >= 0.3 is 12.2 Å². The molecule has 0 spiro atoms. The van der Waals surface area contributed by atoms with E-state index in [2.05, 4.69) is 51.8 Å². The summed E-state index contributed by atoms with van der Waals surface area (Å²) in [6, 6.07) is 12.3. The summed E-state index contributed by atoms with van der Waals surface area (Å²) in [7, 11) is 2.94. The number of fused-ring (bicyclic) bond motifs is 6. The van der Waals surface area contributed by atoms with Gasteiger partial charge in [-0.3, -0.25) is 9.59 Å². The number of carbonyl (C=O) groups excluding carboxylic acids is 3. The number of nitrogens with zero attached hydrogens (tertiary/aromatic N) is 4. The monoisotopic (exact) mass is 848 g/mol. The maximum absolute atomic E-state index is 14.0. The minimum atomic E-state index is -1.24. The molecule has 8 rings (SSSR count). The topological polar surface area (TPSA) is 204 Å². The summed E-state index contributed by atoms with van der Waals surface area (Å²) in [6.07, 6.45) is 2.03. The standard InChI is InChI=1S/C46H56N8O8/c1-8-25(5)39(52-46(59)61-7)44(56)53-19-24(4)13-35(53)41-47-18-34(49-41)28-9-11-30-29(15-28)22-62-37-17-31-27(16-32(30)37)10-12-33-40(31)50-42(48-33)36-14-26(21-60-6)20-54(36)43(55)38(23(2)3)51-45(57)58/h9-12,15-18,23-26,35-36,38-39,51H,8,13-14,19-22H2,1-7H3,(H,47,49)(H,48,50)(H,52,59)(H,57,58)/t24-,25?,26-,35-,36-,38?,39?/m0/s1. The second kappa shape index (κ2) is 17.3. The lowest BCUT2D eigenvalue weighted by Crippen LogP contribution is -2.51. The molecule has 4 amide bonds. The highest BCUT2D eigenvalue weighted by Crippen LogP contribution is 2.44. The summed E-state index contributed by atoms with van der Waals surface area (Å²) in [5.74, 6) is 1.67. The van der Waals surface area contributed by atoms with Crippen LogP contribution in [0.1, 0.15) is 83.2 Å². The quantitative estimate of drug-likeness (QED) is 0.0856. The minimum absolute atomic E-state index is 0.0654. The molecule has 2 fully saturated rings. The molecular formula is C46H56N8O8. The molecule has 0 radical (unpaired) electrons. The number of aromatic nitrogens is 4. The van der Waals surface area contributed by atoms with E-state index < -0.39 is 24.3 Å². The van der Waals surface area contributed by atoms with Crippen molar-refractivity contribution in [3.05, 3.63) is 65.9 Å². The van der Waals surface area contributed by atoms with Gasteiger partial charge in [0.15, 0.2) is 0 Å². The number of methoxy groups -OCH3 is 2. The summed E-state index contributed by atoms with van der Waals surface area (Å²) in [4.78, 5) is 72.1. The second-order valence-corrected chi connectivity index (χ2v) is 17.6. The third-order valence-corrected chi connectivity index (χ3v) is 12.9. The Bertz CT molecular complexity index is 2510. The van der Waals surface area contributed by atoms with Crippen LogP contribution in [0.4, 0.5) is 9.59 Å². The molecule has 0 aliphatic carbocycles. The molecule has 3 unspecified atom stereocenters. The van der Waals surface area contributed by atoms with E-state index in [1.54, 1.807) is 12.0 Å². The Morgan fingerprint density at radius 3 is 2.40 bits per heavy atom. The van der Waals surface area contributed by atoms with E-state index in [1.165, 1.54) is 7.11 Å². The first-order chi connectivity index (χ1) is 29.8. The summed E-state index contributed by atoms with van der Waals surface area (Å²) < 4.78 is 16.7. The van der Waals surface area contributed by atoms with Crippen molar-refractivity contribution in [1.82, 2.24) is 40.4 Å². The van der Waals surface area contributed by atoms with Gasteiger partial charge in [0.2, 0.25) is 11.8 Å². The summed E-state index contributed by atoms with van der Waals surface area (Å²) in [5.41, 5.74) is 6.43. The van der Waals surface area contributed by atoms with E-state index in [9.17, 15) is 24.3 Å². The molecule has 5 N–H and O–H groups in total.